The standard InChI is InChI=1S/C12H25N3O2/c1-14(2)9-6-11-5-3-4-8-15(11)10-7-13-12(16)17/h11,13H,3-10H2,1-2H3,(H,16,17). The maximum atomic E-state index is 10.4. The van der Waals surface area contributed by atoms with Gasteiger partial charge in [-0.2, -0.15) is 0 Å². The molecule has 1 fully saturated rings. The van der Waals surface area contributed by atoms with Crippen molar-refractivity contribution in [2.75, 3.05) is 40.3 Å². The van der Waals surface area contributed by atoms with E-state index in [1.54, 1.807) is 0 Å². The van der Waals surface area contributed by atoms with E-state index in [4.69, 9.17) is 5.11 Å². The molecule has 1 amide bonds. The average Bonchev–Trinajstić information content (AvgIpc) is 2.27. The lowest BCUT2D eigenvalue weighted by molar-refractivity contribution is 0.131. The minimum atomic E-state index is -0.924. The van der Waals surface area contributed by atoms with E-state index in [0.29, 0.717) is 12.6 Å². The number of hydrogen-bond donors (Lipinski definition) is 2. The third-order valence-corrected chi connectivity index (χ3v) is 3.33. The summed E-state index contributed by atoms with van der Waals surface area (Å²) < 4.78 is 0. The molecule has 17 heavy (non-hydrogen) atoms. The van der Waals surface area contributed by atoms with Gasteiger partial charge in [0.1, 0.15) is 0 Å². The molecule has 0 aromatic heterocycles. The SMILES string of the molecule is CN(C)CCC1CCCCN1CCNC(=O)O. The first kappa shape index (κ1) is 14.3. The second kappa shape index (κ2) is 7.50. The summed E-state index contributed by atoms with van der Waals surface area (Å²) in [6, 6.07) is 0.627. The number of nitrogens with zero attached hydrogens (tertiary/aromatic N) is 2. The molecule has 0 bridgehead atoms. The highest BCUT2D eigenvalue weighted by Crippen LogP contribution is 2.19. The maximum absolute atomic E-state index is 10.4. The second-order valence-electron chi connectivity index (χ2n) is 5.01. The molecule has 1 heterocycles. The summed E-state index contributed by atoms with van der Waals surface area (Å²) in [6.45, 7) is 3.59. The molecular weight excluding hydrogens is 218 g/mol. The zero-order valence-electron chi connectivity index (χ0n) is 11.0. The van der Waals surface area contributed by atoms with E-state index in [1.807, 2.05) is 0 Å². The Morgan fingerprint density at radius 1 is 1.47 bits per heavy atom. The van der Waals surface area contributed by atoms with Crippen LogP contribution in [0, 0.1) is 0 Å². The molecule has 5 heteroatoms. The van der Waals surface area contributed by atoms with E-state index in [-0.39, 0.29) is 0 Å². The molecule has 0 aromatic carbocycles. The van der Waals surface area contributed by atoms with Gasteiger partial charge in [0.15, 0.2) is 0 Å². The number of amides is 1. The van der Waals surface area contributed by atoms with Gasteiger partial charge in [-0.15, -0.1) is 0 Å². The van der Waals surface area contributed by atoms with Gasteiger partial charge in [0.05, 0.1) is 0 Å². The Kier molecular flexibility index (Phi) is 6.29. The van der Waals surface area contributed by atoms with Crippen molar-refractivity contribution in [1.82, 2.24) is 15.1 Å². The lowest BCUT2D eigenvalue weighted by Gasteiger charge is -2.36. The number of carbonyl (C=O) groups is 1. The quantitative estimate of drug-likeness (QED) is 0.732. The highest BCUT2D eigenvalue weighted by molar-refractivity contribution is 5.64. The van der Waals surface area contributed by atoms with Crippen LogP contribution in [0.5, 0.6) is 0 Å². The zero-order chi connectivity index (χ0) is 12.7. The highest BCUT2D eigenvalue weighted by Gasteiger charge is 2.21. The Labute approximate surface area is 104 Å². The average molecular weight is 243 g/mol. The monoisotopic (exact) mass is 243 g/mol. The van der Waals surface area contributed by atoms with Crippen molar-refractivity contribution >= 4 is 6.09 Å². The van der Waals surface area contributed by atoms with Gasteiger partial charge in [-0.1, -0.05) is 6.42 Å². The van der Waals surface area contributed by atoms with Gasteiger partial charge in [-0.25, -0.2) is 4.79 Å². The van der Waals surface area contributed by atoms with Crippen LogP contribution in [-0.4, -0.2) is 67.3 Å². The van der Waals surface area contributed by atoms with Gasteiger partial charge in [0.25, 0.3) is 0 Å². The number of likely N-dealkylation sites (tertiary alicyclic amines) is 1. The fraction of sp³-hybridized carbons (Fsp3) is 0.917. The summed E-state index contributed by atoms with van der Waals surface area (Å²) in [6.07, 6.45) is 4.06. The number of nitrogens with one attached hydrogen (secondary N) is 1. The smallest absolute Gasteiger partial charge is 0.404 e. The summed E-state index contributed by atoms with van der Waals surface area (Å²) in [4.78, 5) is 15.0. The maximum Gasteiger partial charge on any atom is 0.404 e. The van der Waals surface area contributed by atoms with E-state index in [1.165, 1.54) is 25.7 Å². The Bertz CT molecular complexity index is 234. The predicted octanol–water partition coefficient (Wildman–Crippen LogP) is 1.06. The minimum absolute atomic E-state index is 0.536. The Balaban J connectivity index is 2.29. The fourth-order valence-electron chi connectivity index (χ4n) is 2.39. The van der Waals surface area contributed by atoms with E-state index in [0.717, 1.165) is 19.6 Å². The molecule has 1 rings (SSSR count). The van der Waals surface area contributed by atoms with Crippen LogP contribution in [0.4, 0.5) is 4.79 Å². The summed E-state index contributed by atoms with van der Waals surface area (Å²) in [5, 5.41) is 11.0. The van der Waals surface area contributed by atoms with Crippen molar-refractivity contribution in [2.24, 2.45) is 0 Å². The van der Waals surface area contributed by atoms with Crippen LogP contribution < -0.4 is 5.32 Å². The molecule has 1 aliphatic rings. The van der Waals surface area contributed by atoms with Crippen LogP contribution >= 0.6 is 0 Å². The molecule has 0 aliphatic carbocycles. The van der Waals surface area contributed by atoms with Crippen LogP contribution in [0.2, 0.25) is 0 Å². The molecule has 1 unspecified atom stereocenters. The molecule has 0 aromatic rings. The first-order valence-electron chi connectivity index (χ1n) is 6.45. The van der Waals surface area contributed by atoms with Crippen LogP contribution in [-0.2, 0) is 0 Å². The Morgan fingerprint density at radius 2 is 2.24 bits per heavy atom. The molecule has 1 saturated heterocycles. The van der Waals surface area contributed by atoms with Crippen molar-refractivity contribution in [3.05, 3.63) is 0 Å². The number of carboxylic acid groups (broad SMARTS) is 1. The molecule has 1 aliphatic heterocycles. The number of rotatable bonds is 6. The van der Waals surface area contributed by atoms with E-state index in [9.17, 15) is 4.79 Å². The molecule has 0 spiro atoms. The zero-order valence-corrected chi connectivity index (χ0v) is 11.0. The largest absolute Gasteiger partial charge is 0.465 e. The topological polar surface area (TPSA) is 55.8 Å². The highest BCUT2D eigenvalue weighted by atomic mass is 16.4. The summed E-state index contributed by atoms with van der Waals surface area (Å²) >= 11 is 0. The molecular formula is C12H25N3O2. The number of hydrogen-bond acceptors (Lipinski definition) is 3. The molecule has 1 atom stereocenters. The molecule has 2 N–H and O–H groups in total. The molecule has 100 valence electrons. The minimum Gasteiger partial charge on any atom is -0.465 e. The predicted molar refractivity (Wildman–Crippen MR) is 68.4 cm³/mol. The lowest BCUT2D eigenvalue weighted by Crippen LogP contribution is -2.44. The van der Waals surface area contributed by atoms with Crippen molar-refractivity contribution in [2.45, 2.75) is 31.7 Å². The first-order chi connectivity index (χ1) is 8.09. The number of piperidine rings is 1. The Morgan fingerprint density at radius 3 is 2.88 bits per heavy atom. The van der Waals surface area contributed by atoms with E-state index in [2.05, 4.69) is 29.2 Å². The van der Waals surface area contributed by atoms with E-state index >= 15 is 0 Å². The van der Waals surface area contributed by atoms with Gasteiger partial charge in [0, 0.05) is 19.1 Å². The Hall–Kier alpha value is -0.810. The third kappa shape index (κ3) is 5.89. The van der Waals surface area contributed by atoms with Gasteiger partial charge in [-0.05, 0) is 46.4 Å². The van der Waals surface area contributed by atoms with Gasteiger partial charge < -0.3 is 15.3 Å². The summed E-state index contributed by atoms with van der Waals surface area (Å²) in [7, 11) is 4.19. The van der Waals surface area contributed by atoms with Crippen LogP contribution in [0.15, 0.2) is 0 Å². The van der Waals surface area contributed by atoms with Crippen molar-refractivity contribution in [1.29, 1.82) is 0 Å². The van der Waals surface area contributed by atoms with Crippen molar-refractivity contribution in [3.8, 4) is 0 Å². The normalized spacial score (nSPS) is 21.7. The van der Waals surface area contributed by atoms with E-state index < -0.39 is 6.09 Å². The lowest BCUT2D eigenvalue weighted by atomic mass is 9.99. The van der Waals surface area contributed by atoms with Crippen molar-refractivity contribution in [3.63, 3.8) is 0 Å². The second-order valence-corrected chi connectivity index (χ2v) is 5.01. The summed E-state index contributed by atoms with van der Waals surface area (Å²) in [5.74, 6) is 0. The molecule has 0 radical (unpaired) electrons. The van der Waals surface area contributed by atoms with Gasteiger partial charge in [0.2, 0.25) is 0 Å². The molecule has 0 saturated carbocycles. The fourth-order valence-corrected chi connectivity index (χ4v) is 2.39. The van der Waals surface area contributed by atoms with Crippen LogP contribution in [0.3, 0.4) is 0 Å². The summed E-state index contributed by atoms with van der Waals surface area (Å²) in [5.41, 5.74) is 0. The van der Waals surface area contributed by atoms with Crippen molar-refractivity contribution < 1.29 is 9.90 Å². The first-order valence-corrected chi connectivity index (χ1v) is 6.45. The van der Waals surface area contributed by atoms with Gasteiger partial charge in [-0.3, -0.25) is 4.90 Å². The van der Waals surface area contributed by atoms with Crippen LogP contribution in [0.1, 0.15) is 25.7 Å². The molecule has 5 nitrogen and oxygen atoms in total. The van der Waals surface area contributed by atoms with Gasteiger partial charge >= 0.3 is 6.09 Å². The van der Waals surface area contributed by atoms with Crippen LogP contribution in [0.25, 0.3) is 0 Å². The third-order valence-electron chi connectivity index (χ3n) is 3.33.